The molecule has 3 N–H and O–H groups in total. The average molecular weight is 299 g/mol. The fraction of sp³-hybridized carbons (Fsp3) is 0.545. The number of nitrogens with one attached hydrogen (secondary N) is 1. The van der Waals surface area contributed by atoms with E-state index in [0.717, 1.165) is 48.7 Å². The lowest BCUT2D eigenvalue weighted by atomic mass is 10.1. The summed E-state index contributed by atoms with van der Waals surface area (Å²) in [5, 5.41) is 3.40. The first-order valence-corrected chi connectivity index (χ1v) is 6.61. The van der Waals surface area contributed by atoms with Crippen molar-refractivity contribution in [3.8, 4) is 5.75 Å². The van der Waals surface area contributed by atoms with Crippen molar-refractivity contribution in [1.29, 1.82) is 0 Å². The van der Waals surface area contributed by atoms with Gasteiger partial charge in [-0.1, -0.05) is 0 Å². The number of aromatic nitrogens is 1. The van der Waals surface area contributed by atoms with Crippen molar-refractivity contribution in [2.45, 2.75) is 12.5 Å². The molecule has 1 aromatic rings. The Hall–Kier alpha value is -1.01. The maximum absolute atomic E-state index is 5.86. The zero-order valence-corrected chi connectivity index (χ0v) is 11.0. The molecule has 0 radical (unpaired) electrons. The molecule has 0 unspecified atom stereocenters. The highest BCUT2D eigenvalue weighted by Crippen LogP contribution is 2.36. The van der Waals surface area contributed by atoms with Crippen molar-refractivity contribution in [3.05, 3.63) is 10.5 Å². The van der Waals surface area contributed by atoms with Gasteiger partial charge in [-0.25, -0.2) is 4.98 Å². The molecule has 0 saturated carbocycles. The van der Waals surface area contributed by atoms with Crippen LogP contribution < -0.4 is 20.7 Å². The van der Waals surface area contributed by atoms with Crippen LogP contribution in [0.2, 0.25) is 0 Å². The fourth-order valence-electron chi connectivity index (χ4n) is 2.39. The molecule has 0 aromatic carbocycles. The van der Waals surface area contributed by atoms with Crippen molar-refractivity contribution < 1.29 is 4.74 Å². The normalized spacial score (nSPS) is 23.4. The molecular weight excluding hydrogens is 284 g/mol. The number of piperazine rings is 1. The number of ether oxygens (including phenoxy) is 1. The van der Waals surface area contributed by atoms with Crippen LogP contribution in [0.5, 0.6) is 5.75 Å². The van der Waals surface area contributed by atoms with Gasteiger partial charge < -0.3 is 20.7 Å². The van der Waals surface area contributed by atoms with E-state index in [0.29, 0.717) is 11.9 Å². The van der Waals surface area contributed by atoms with E-state index in [2.05, 4.69) is 31.1 Å². The fourth-order valence-corrected chi connectivity index (χ4v) is 2.69. The van der Waals surface area contributed by atoms with Gasteiger partial charge in [-0.05, 0) is 15.9 Å². The summed E-state index contributed by atoms with van der Waals surface area (Å²) < 4.78 is 6.55. The smallest absolute Gasteiger partial charge is 0.173 e. The number of nitrogen functional groups attached to an aromatic ring is 1. The summed E-state index contributed by atoms with van der Waals surface area (Å²) in [7, 11) is 0. The SMILES string of the molecule is Nc1nc2c(cc1Br)OCC[C@@H]1CNCCN21. The molecule has 0 amide bonds. The minimum absolute atomic E-state index is 0.457. The second-order valence-electron chi connectivity index (χ2n) is 4.37. The van der Waals surface area contributed by atoms with Crippen LogP contribution in [0.3, 0.4) is 0 Å². The molecule has 0 aliphatic carbocycles. The molecule has 1 saturated heterocycles. The largest absolute Gasteiger partial charge is 0.490 e. The Balaban J connectivity index is 2.05. The lowest BCUT2D eigenvalue weighted by molar-refractivity contribution is 0.303. The lowest BCUT2D eigenvalue weighted by Crippen LogP contribution is -2.51. The monoisotopic (exact) mass is 298 g/mol. The van der Waals surface area contributed by atoms with Gasteiger partial charge >= 0.3 is 0 Å². The lowest BCUT2D eigenvalue weighted by Gasteiger charge is -2.35. The van der Waals surface area contributed by atoms with Crippen molar-refractivity contribution in [3.63, 3.8) is 0 Å². The summed E-state index contributed by atoms with van der Waals surface area (Å²) in [5.41, 5.74) is 5.86. The van der Waals surface area contributed by atoms with Gasteiger partial charge in [0.1, 0.15) is 5.82 Å². The maximum atomic E-state index is 5.86. The molecule has 0 bridgehead atoms. The van der Waals surface area contributed by atoms with Crippen molar-refractivity contribution in [1.82, 2.24) is 10.3 Å². The number of anilines is 2. The third-order valence-corrected chi connectivity index (χ3v) is 3.92. The Morgan fingerprint density at radius 3 is 3.35 bits per heavy atom. The van der Waals surface area contributed by atoms with Gasteiger partial charge in [-0.15, -0.1) is 0 Å². The van der Waals surface area contributed by atoms with E-state index in [1.807, 2.05) is 6.07 Å². The van der Waals surface area contributed by atoms with E-state index in [1.165, 1.54) is 0 Å². The van der Waals surface area contributed by atoms with Gasteiger partial charge in [-0.2, -0.15) is 0 Å². The van der Waals surface area contributed by atoms with Crippen molar-refractivity contribution in [2.24, 2.45) is 0 Å². The van der Waals surface area contributed by atoms with E-state index in [-0.39, 0.29) is 0 Å². The van der Waals surface area contributed by atoms with Crippen LogP contribution in [-0.2, 0) is 0 Å². The topological polar surface area (TPSA) is 63.4 Å². The first-order valence-electron chi connectivity index (χ1n) is 5.82. The Kier molecular flexibility index (Phi) is 2.84. The van der Waals surface area contributed by atoms with Crippen LogP contribution in [0.1, 0.15) is 6.42 Å². The zero-order chi connectivity index (χ0) is 11.8. The molecule has 3 heterocycles. The highest BCUT2D eigenvalue weighted by atomic mass is 79.9. The third-order valence-electron chi connectivity index (χ3n) is 3.28. The maximum Gasteiger partial charge on any atom is 0.173 e. The molecular formula is C11H15BrN4O. The van der Waals surface area contributed by atoms with Crippen LogP contribution in [0.4, 0.5) is 11.6 Å². The molecule has 17 heavy (non-hydrogen) atoms. The molecule has 1 aromatic heterocycles. The van der Waals surface area contributed by atoms with Crippen LogP contribution in [0.25, 0.3) is 0 Å². The number of rotatable bonds is 0. The van der Waals surface area contributed by atoms with E-state index < -0.39 is 0 Å². The van der Waals surface area contributed by atoms with E-state index in [1.54, 1.807) is 0 Å². The molecule has 2 aliphatic heterocycles. The quantitative estimate of drug-likeness (QED) is 0.748. The Labute approximate surface area is 108 Å². The first-order chi connectivity index (χ1) is 8.25. The number of hydrogen-bond donors (Lipinski definition) is 2. The van der Waals surface area contributed by atoms with Crippen LogP contribution in [-0.4, -0.2) is 37.3 Å². The average Bonchev–Trinajstić information content (AvgIpc) is 2.50. The number of fused-ring (bicyclic) bond motifs is 3. The number of hydrogen-bond acceptors (Lipinski definition) is 5. The minimum Gasteiger partial charge on any atom is -0.490 e. The summed E-state index contributed by atoms with van der Waals surface area (Å²) in [4.78, 5) is 6.77. The van der Waals surface area contributed by atoms with Gasteiger partial charge in [0.25, 0.3) is 0 Å². The standard InChI is InChI=1S/C11H15BrN4O/c12-8-5-9-11(15-10(8)13)16-3-2-14-6-7(16)1-4-17-9/h5,7,14H,1-4,6H2,(H2,13,15)/t7-/m1/s1. The number of nitrogens with zero attached hydrogens (tertiary/aromatic N) is 2. The Morgan fingerprint density at radius 1 is 1.59 bits per heavy atom. The van der Waals surface area contributed by atoms with Gasteiger partial charge in [-0.3, -0.25) is 0 Å². The van der Waals surface area contributed by atoms with Gasteiger partial charge in [0, 0.05) is 38.2 Å². The predicted octanol–water partition coefficient (Wildman–Crippen LogP) is 0.987. The number of nitrogens with two attached hydrogens (primary N) is 1. The molecule has 92 valence electrons. The Morgan fingerprint density at radius 2 is 2.47 bits per heavy atom. The second kappa shape index (κ2) is 4.34. The predicted molar refractivity (Wildman–Crippen MR) is 70.5 cm³/mol. The molecule has 1 atom stereocenters. The van der Waals surface area contributed by atoms with Gasteiger partial charge in [0.05, 0.1) is 11.1 Å². The summed E-state index contributed by atoms with van der Waals surface area (Å²) in [6.07, 6.45) is 1.01. The molecule has 6 heteroatoms. The molecule has 0 spiro atoms. The van der Waals surface area contributed by atoms with E-state index >= 15 is 0 Å². The van der Waals surface area contributed by atoms with E-state index in [4.69, 9.17) is 10.5 Å². The van der Waals surface area contributed by atoms with Crippen molar-refractivity contribution in [2.75, 3.05) is 36.9 Å². The van der Waals surface area contributed by atoms with Gasteiger partial charge in [0.15, 0.2) is 11.6 Å². The summed E-state index contributed by atoms with van der Waals surface area (Å²) in [6.45, 7) is 3.65. The second-order valence-corrected chi connectivity index (χ2v) is 5.22. The van der Waals surface area contributed by atoms with Crippen LogP contribution >= 0.6 is 15.9 Å². The summed E-state index contributed by atoms with van der Waals surface area (Å²) >= 11 is 3.39. The molecule has 5 nitrogen and oxygen atoms in total. The molecule has 3 rings (SSSR count). The van der Waals surface area contributed by atoms with Crippen molar-refractivity contribution >= 4 is 27.6 Å². The zero-order valence-electron chi connectivity index (χ0n) is 9.45. The molecule has 1 fully saturated rings. The van der Waals surface area contributed by atoms with Gasteiger partial charge in [0.2, 0.25) is 0 Å². The van der Waals surface area contributed by atoms with Crippen LogP contribution in [0.15, 0.2) is 10.5 Å². The highest BCUT2D eigenvalue weighted by Gasteiger charge is 2.29. The minimum atomic E-state index is 0.457. The first kappa shape index (κ1) is 11.1. The summed E-state index contributed by atoms with van der Waals surface area (Å²) in [5.74, 6) is 2.23. The Bertz CT molecular complexity index is 440. The number of pyridine rings is 1. The van der Waals surface area contributed by atoms with Crippen LogP contribution in [0, 0.1) is 0 Å². The summed E-state index contributed by atoms with van der Waals surface area (Å²) in [6, 6.07) is 2.38. The third kappa shape index (κ3) is 1.95. The van der Waals surface area contributed by atoms with E-state index in [9.17, 15) is 0 Å². The number of halogens is 1. The molecule has 2 aliphatic rings. The highest BCUT2D eigenvalue weighted by molar-refractivity contribution is 9.10.